The summed E-state index contributed by atoms with van der Waals surface area (Å²) in [7, 11) is 0. The zero-order valence-electron chi connectivity index (χ0n) is 5.40. The predicted octanol–water partition coefficient (Wildman–Crippen LogP) is 2.30. The Balaban J connectivity index is 2.17. The molecule has 1 fully saturated rings. The molecule has 0 aromatic heterocycles. The van der Waals surface area contributed by atoms with Gasteiger partial charge in [0.2, 0.25) is 0 Å². The van der Waals surface area contributed by atoms with Crippen LogP contribution in [0, 0.1) is 0 Å². The highest BCUT2D eigenvalue weighted by molar-refractivity contribution is 6.11. The van der Waals surface area contributed by atoms with E-state index in [9.17, 15) is 0 Å². The predicted molar refractivity (Wildman–Crippen MR) is 37.2 cm³/mol. The molecule has 0 aromatic carbocycles. The first-order chi connectivity index (χ1) is 3.89. The van der Waals surface area contributed by atoms with E-state index in [4.69, 9.17) is 0 Å². The molecule has 1 rings (SSSR count). The molecular weight excluding hydrogens is 111 g/mol. The Kier molecular flexibility index (Phi) is 2.94. The van der Waals surface area contributed by atoms with Gasteiger partial charge in [0.15, 0.2) is 0 Å². The number of hydrogen-bond acceptors (Lipinski definition) is 0. The fraction of sp³-hybridized carbons (Fsp3) is 1.00. The number of rotatable bonds is 0. The van der Waals surface area contributed by atoms with Crippen molar-refractivity contribution in [1.29, 1.82) is 0 Å². The summed E-state index contributed by atoms with van der Waals surface area (Å²) in [5.74, 6) is 0. The summed E-state index contributed by atoms with van der Waals surface area (Å²) < 4.78 is 0.942. The average molecular weight is 124 g/mol. The van der Waals surface area contributed by atoms with Gasteiger partial charge >= 0.3 is 0 Å². The summed E-state index contributed by atoms with van der Waals surface area (Å²) in [6, 6.07) is 0. The molecule has 0 aliphatic heterocycles. The molecule has 1 saturated carbocycles. The first kappa shape index (κ1) is 6.65. The van der Waals surface area contributed by atoms with Gasteiger partial charge in [-0.15, -0.1) is 4.78 Å². The van der Waals surface area contributed by atoms with Gasteiger partial charge in [0, 0.05) is 0 Å². The highest BCUT2D eigenvalue weighted by Crippen LogP contribution is 2.23. The van der Waals surface area contributed by atoms with Gasteiger partial charge in [-0.25, -0.2) is 0 Å². The molecule has 0 aromatic rings. The van der Waals surface area contributed by atoms with E-state index in [0.717, 1.165) is 4.78 Å². The molecule has 0 heterocycles. The quantitative estimate of drug-likeness (QED) is 0.343. The van der Waals surface area contributed by atoms with Crippen molar-refractivity contribution in [2.75, 3.05) is 0 Å². The van der Waals surface area contributed by atoms with Crippen molar-refractivity contribution < 1.29 is 0 Å². The lowest BCUT2D eigenvalue weighted by Gasteiger charge is -2.04. The normalized spacial score (nSPS) is 25.0. The molecule has 8 heavy (non-hydrogen) atoms. The van der Waals surface area contributed by atoms with Crippen molar-refractivity contribution in [3.63, 3.8) is 0 Å². The smallest absolute Gasteiger partial charge is 0.107 e. The first-order valence-corrected chi connectivity index (χ1v) is 4.32. The molecule has 0 unspecified atom stereocenters. The molecule has 1 aliphatic carbocycles. The maximum Gasteiger partial charge on any atom is 0.123 e. The van der Waals surface area contributed by atoms with Crippen molar-refractivity contribution >= 4 is 16.3 Å². The molecule has 0 saturated heterocycles. The largest absolute Gasteiger partial charge is 0.123 e. The SMILES string of the molecule is [Al][CH]1CCCCCC1. The second kappa shape index (κ2) is 3.54. The van der Waals surface area contributed by atoms with Gasteiger partial charge in [0.1, 0.15) is 16.3 Å². The zero-order chi connectivity index (χ0) is 5.82. The lowest BCUT2D eigenvalue weighted by molar-refractivity contribution is 0.700. The Morgan fingerprint density at radius 3 is 1.88 bits per heavy atom. The van der Waals surface area contributed by atoms with Gasteiger partial charge < -0.3 is 0 Å². The lowest BCUT2D eigenvalue weighted by Crippen LogP contribution is -1.87. The molecule has 0 bridgehead atoms. The van der Waals surface area contributed by atoms with Gasteiger partial charge in [0.25, 0.3) is 0 Å². The van der Waals surface area contributed by atoms with Gasteiger partial charge in [-0.1, -0.05) is 38.5 Å². The van der Waals surface area contributed by atoms with Crippen LogP contribution < -0.4 is 0 Å². The fourth-order valence-corrected chi connectivity index (χ4v) is 1.78. The Labute approximate surface area is 60.1 Å². The number of hydrogen-bond donors (Lipinski definition) is 0. The second-order valence-corrected chi connectivity index (χ2v) is 3.69. The van der Waals surface area contributed by atoms with Crippen LogP contribution >= 0.6 is 0 Å². The molecule has 0 nitrogen and oxygen atoms in total. The standard InChI is InChI=1S/C7H13.Al/c1-2-4-6-7-5-3-1;/h1H,2-7H2;. The molecular formula is C7H13Al. The van der Waals surface area contributed by atoms with E-state index < -0.39 is 0 Å². The van der Waals surface area contributed by atoms with Gasteiger partial charge in [-0.05, 0) is 0 Å². The van der Waals surface area contributed by atoms with E-state index in [-0.39, 0.29) is 0 Å². The maximum absolute atomic E-state index is 2.94. The third kappa shape index (κ3) is 2.20. The fourth-order valence-electron chi connectivity index (χ4n) is 1.31. The maximum atomic E-state index is 2.94. The van der Waals surface area contributed by atoms with Gasteiger partial charge in [0.05, 0.1) is 0 Å². The van der Waals surface area contributed by atoms with Crippen LogP contribution in [-0.4, -0.2) is 16.3 Å². The second-order valence-electron chi connectivity index (χ2n) is 2.75. The van der Waals surface area contributed by atoms with E-state index in [1.165, 1.54) is 38.5 Å². The molecule has 1 aliphatic rings. The van der Waals surface area contributed by atoms with Crippen LogP contribution in [0.5, 0.6) is 0 Å². The third-order valence-corrected chi connectivity index (χ3v) is 2.57. The minimum absolute atomic E-state index is 0.942. The van der Waals surface area contributed by atoms with Gasteiger partial charge in [-0.2, -0.15) is 0 Å². The van der Waals surface area contributed by atoms with Crippen molar-refractivity contribution in [1.82, 2.24) is 0 Å². The van der Waals surface area contributed by atoms with Crippen LogP contribution in [-0.2, 0) is 0 Å². The van der Waals surface area contributed by atoms with Crippen LogP contribution in [0.4, 0.5) is 0 Å². The van der Waals surface area contributed by atoms with Crippen LogP contribution in [0.25, 0.3) is 0 Å². The van der Waals surface area contributed by atoms with Crippen molar-refractivity contribution in [3.05, 3.63) is 0 Å². The summed E-state index contributed by atoms with van der Waals surface area (Å²) in [6.45, 7) is 0. The van der Waals surface area contributed by atoms with Crippen LogP contribution in [0.2, 0.25) is 4.78 Å². The van der Waals surface area contributed by atoms with Gasteiger partial charge in [-0.3, -0.25) is 0 Å². The minimum atomic E-state index is 0.942. The molecule has 0 N–H and O–H groups in total. The van der Waals surface area contributed by atoms with E-state index in [1.807, 2.05) is 0 Å². The summed E-state index contributed by atoms with van der Waals surface area (Å²) >= 11 is 2.94. The molecule has 0 spiro atoms. The molecule has 0 amide bonds. The molecule has 2 radical (unpaired) electrons. The molecule has 0 atom stereocenters. The van der Waals surface area contributed by atoms with E-state index in [2.05, 4.69) is 16.3 Å². The Hall–Kier alpha value is 0.532. The van der Waals surface area contributed by atoms with Crippen molar-refractivity contribution in [2.45, 2.75) is 43.3 Å². The lowest BCUT2D eigenvalue weighted by atomic mass is 10.2. The highest BCUT2D eigenvalue weighted by Gasteiger charge is 2.04. The first-order valence-electron chi connectivity index (χ1n) is 3.65. The van der Waals surface area contributed by atoms with Crippen molar-refractivity contribution in [2.24, 2.45) is 0 Å². The third-order valence-electron chi connectivity index (χ3n) is 1.90. The summed E-state index contributed by atoms with van der Waals surface area (Å²) in [5.41, 5.74) is 0. The summed E-state index contributed by atoms with van der Waals surface area (Å²) in [4.78, 5) is 0. The average Bonchev–Trinajstić information content (AvgIpc) is 1.94. The molecule has 1 heteroatoms. The topological polar surface area (TPSA) is 0 Å². The van der Waals surface area contributed by atoms with E-state index >= 15 is 0 Å². The summed E-state index contributed by atoms with van der Waals surface area (Å²) in [5, 5.41) is 0. The van der Waals surface area contributed by atoms with E-state index in [0.29, 0.717) is 0 Å². The Bertz CT molecular complexity index is 53.4. The molecule has 44 valence electrons. The summed E-state index contributed by atoms with van der Waals surface area (Å²) in [6.07, 6.45) is 8.79. The Morgan fingerprint density at radius 1 is 0.875 bits per heavy atom. The Morgan fingerprint density at radius 2 is 1.38 bits per heavy atom. The van der Waals surface area contributed by atoms with Crippen LogP contribution in [0.3, 0.4) is 0 Å². The highest BCUT2D eigenvalue weighted by atomic mass is 27.0. The minimum Gasteiger partial charge on any atom is -0.107 e. The van der Waals surface area contributed by atoms with Crippen LogP contribution in [0.1, 0.15) is 38.5 Å². The zero-order valence-corrected chi connectivity index (χ0v) is 6.55. The van der Waals surface area contributed by atoms with Crippen molar-refractivity contribution in [3.8, 4) is 0 Å². The van der Waals surface area contributed by atoms with Crippen LogP contribution in [0.15, 0.2) is 0 Å². The van der Waals surface area contributed by atoms with E-state index in [1.54, 1.807) is 0 Å². The monoisotopic (exact) mass is 124 g/mol.